The van der Waals surface area contributed by atoms with Gasteiger partial charge in [-0.05, 0) is 12.8 Å². The Labute approximate surface area is 94.6 Å². The van der Waals surface area contributed by atoms with Crippen LogP contribution in [0.25, 0.3) is 0 Å². The van der Waals surface area contributed by atoms with Gasteiger partial charge in [0.25, 0.3) is 0 Å². The molecule has 2 amide bonds. The van der Waals surface area contributed by atoms with Gasteiger partial charge >= 0.3 is 0 Å². The molecule has 2 aliphatic rings. The SMILES string of the molecule is O=C1CC(C(=O)NC2(CO)CCCC2)CN1. The van der Waals surface area contributed by atoms with Crippen LogP contribution >= 0.6 is 0 Å². The summed E-state index contributed by atoms with van der Waals surface area (Å²) >= 11 is 0. The zero-order valence-electron chi connectivity index (χ0n) is 9.29. The number of nitrogens with one attached hydrogen (secondary N) is 2. The normalized spacial score (nSPS) is 27.8. The van der Waals surface area contributed by atoms with E-state index in [1.807, 2.05) is 0 Å². The van der Waals surface area contributed by atoms with Crippen molar-refractivity contribution >= 4 is 11.8 Å². The van der Waals surface area contributed by atoms with Gasteiger partial charge in [0.05, 0.1) is 18.1 Å². The van der Waals surface area contributed by atoms with Crippen molar-refractivity contribution in [3.8, 4) is 0 Å². The first kappa shape index (κ1) is 11.4. The molecule has 2 rings (SSSR count). The lowest BCUT2D eigenvalue weighted by atomic mass is 9.97. The van der Waals surface area contributed by atoms with Crippen LogP contribution in [0.1, 0.15) is 32.1 Å². The zero-order valence-corrected chi connectivity index (χ0v) is 9.29. The summed E-state index contributed by atoms with van der Waals surface area (Å²) in [5.41, 5.74) is -0.428. The third-order valence-corrected chi connectivity index (χ3v) is 3.60. The van der Waals surface area contributed by atoms with Crippen molar-refractivity contribution in [3.63, 3.8) is 0 Å². The van der Waals surface area contributed by atoms with Gasteiger partial charge in [0, 0.05) is 13.0 Å². The molecule has 0 spiro atoms. The Morgan fingerprint density at radius 3 is 2.69 bits per heavy atom. The molecule has 0 bridgehead atoms. The summed E-state index contributed by atoms with van der Waals surface area (Å²) in [5.74, 6) is -0.435. The number of carbonyl (C=O) groups is 2. The van der Waals surface area contributed by atoms with Crippen molar-refractivity contribution in [1.82, 2.24) is 10.6 Å². The van der Waals surface area contributed by atoms with Gasteiger partial charge in [-0.15, -0.1) is 0 Å². The molecule has 16 heavy (non-hydrogen) atoms. The minimum Gasteiger partial charge on any atom is -0.394 e. The fourth-order valence-electron chi connectivity index (χ4n) is 2.53. The van der Waals surface area contributed by atoms with Gasteiger partial charge in [0.1, 0.15) is 0 Å². The van der Waals surface area contributed by atoms with E-state index < -0.39 is 5.54 Å². The summed E-state index contributed by atoms with van der Waals surface area (Å²) in [7, 11) is 0. The molecule has 90 valence electrons. The molecule has 3 N–H and O–H groups in total. The van der Waals surface area contributed by atoms with Gasteiger partial charge in [-0.2, -0.15) is 0 Å². The smallest absolute Gasteiger partial charge is 0.225 e. The zero-order chi connectivity index (χ0) is 11.6. The lowest BCUT2D eigenvalue weighted by Crippen LogP contribution is -2.51. The van der Waals surface area contributed by atoms with Crippen LogP contribution in [0, 0.1) is 5.92 Å². The standard InChI is InChI=1S/C11H18N2O3/c14-7-11(3-1-2-4-11)13-10(16)8-5-9(15)12-6-8/h8,14H,1-7H2,(H,12,15)(H,13,16). The predicted octanol–water partition coefficient (Wildman–Crippen LogP) is -0.456. The molecule has 0 aromatic carbocycles. The Morgan fingerprint density at radius 2 is 2.19 bits per heavy atom. The highest BCUT2D eigenvalue weighted by Crippen LogP contribution is 2.29. The van der Waals surface area contributed by atoms with Crippen LogP contribution in [-0.4, -0.2) is 35.6 Å². The number of aliphatic hydroxyl groups excluding tert-OH is 1. The largest absolute Gasteiger partial charge is 0.394 e. The number of amides is 2. The Bertz CT molecular complexity index is 298. The first-order chi connectivity index (χ1) is 7.65. The topological polar surface area (TPSA) is 78.4 Å². The molecule has 5 nitrogen and oxygen atoms in total. The maximum atomic E-state index is 11.9. The van der Waals surface area contributed by atoms with Crippen molar-refractivity contribution in [3.05, 3.63) is 0 Å². The number of aliphatic hydroxyl groups is 1. The van der Waals surface area contributed by atoms with Crippen LogP contribution in [0.15, 0.2) is 0 Å². The monoisotopic (exact) mass is 226 g/mol. The quantitative estimate of drug-likeness (QED) is 0.609. The summed E-state index contributed by atoms with van der Waals surface area (Å²) in [6.07, 6.45) is 4.03. The average molecular weight is 226 g/mol. The first-order valence-corrected chi connectivity index (χ1v) is 5.85. The average Bonchev–Trinajstić information content (AvgIpc) is 2.88. The van der Waals surface area contributed by atoms with Gasteiger partial charge < -0.3 is 15.7 Å². The third-order valence-electron chi connectivity index (χ3n) is 3.60. The number of carbonyl (C=O) groups excluding carboxylic acids is 2. The molecule has 1 atom stereocenters. The molecule has 1 heterocycles. The minimum atomic E-state index is -0.428. The maximum absolute atomic E-state index is 11.9. The van der Waals surface area contributed by atoms with Crippen LogP contribution in [0.2, 0.25) is 0 Å². The van der Waals surface area contributed by atoms with E-state index in [0.29, 0.717) is 6.54 Å². The van der Waals surface area contributed by atoms with Crippen molar-refractivity contribution in [2.45, 2.75) is 37.6 Å². The van der Waals surface area contributed by atoms with E-state index in [-0.39, 0.29) is 30.8 Å². The van der Waals surface area contributed by atoms with E-state index in [1.165, 1.54) is 0 Å². The second kappa shape index (κ2) is 4.41. The summed E-state index contributed by atoms with van der Waals surface area (Å²) in [6.45, 7) is 0.416. The molecule has 1 saturated heterocycles. The van der Waals surface area contributed by atoms with E-state index in [9.17, 15) is 14.7 Å². The molecule has 1 aliphatic heterocycles. The van der Waals surface area contributed by atoms with Crippen LogP contribution in [-0.2, 0) is 9.59 Å². The Hall–Kier alpha value is -1.10. The van der Waals surface area contributed by atoms with Gasteiger partial charge in [-0.3, -0.25) is 9.59 Å². The Morgan fingerprint density at radius 1 is 1.50 bits per heavy atom. The van der Waals surface area contributed by atoms with E-state index in [2.05, 4.69) is 10.6 Å². The second-order valence-corrected chi connectivity index (χ2v) is 4.84. The number of hydrogen-bond acceptors (Lipinski definition) is 3. The predicted molar refractivity (Wildman–Crippen MR) is 57.5 cm³/mol. The highest BCUT2D eigenvalue weighted by atomic mass is 16.3. The molecular formula is C11H18N2O3. The molecule has 0 radical (unpaired) electrons. The molecule has 0 aromatic heterocycles. The van der Waals surface area contributed by atoms with E-state index in [1.54, 1.807) is 0 Å². The van der Waals surface area contributed by atoms with Gasteiger partial charge in [-0.25, -0.2) is 0 Å². The van der Waals surface area contributed by atoms with Crippen LogP contribution in [0.4, 0.5) is 0 Å². The van der Waals surface area contributed by atoms with E-state index in [4.69, 9.17) is 0 Å². The first-order valence-electron chi connectivity index (χ1n) is 5.85. The molecule has 0 aromatic rings. The maximum Gasteiger partial charge on any atom is 0.225 e. The Kier molecular flexibility index (Phi) is 3.14. The summed E-state index contributed by atoms with van der Waals surface area (Å²) in [4.78, 5) is 22.9. The van der Waals surface area contributed by atoms with E-state index >= 15 is 0 Å². The Balaban J connectivity index is 1.93. The van der Waals surface area contributed by atoms with Gasteiger partial charge in [0.15, 0.2) is 0 Å². The van der Waals surface area contributed by atoms with E-state index in [0.717, 1.165) is 25.7 Å². The van der Waals surface area contributed by atoms with Gasteiger partial charge in [0.2, 0.25) is 11.8 Å². The summed E-state index contributed by atoms with van der Waals surface area (Å²) in [6, 6.07) is 0. The molecule has 2 fully saturated rings. The fraction of sp³-hybridized carbons (Fsp3) is 0.818. The molecular weight excluding hydrogens is 208 g/mol. The third kappa shape index (κ3) is 2.19. The van der Waals surface area contributed by atoms with Crippen molar-refractivity contribution < 1.29 is 14.7 Å². The fourth-order valence-corrected chi connectivity index (χ4v) is 2.53. The molecule has 5 heteroatoms. The van der Waals surface area contributed by atoms with Crippen molar-refractivity contribution in [1.29, 1.82) is 0 Å². The van der Waals surface area contributed by atoms with Crippen molar-refractivity contribution in [2.24, 2.45) is 5.92 Å². The summed E-state index contributed by atoms with van der Waals surface area (Å²) < 4.78 is 0. The van der Waals surface area contributed by atoms with Crippen LogP contribution in [0.5, 0.6) is 0 Å². The molecule has 1 unspecified atom stereocenters. The lowest BCUT2D eigenvalue weighted by molar-refractivity contribution is -0.128. The van der Waals surface area contributed by atoms with Crippen LogP contribution in [0.3, 0.4) is 0 Å². The molecule has 1 saturated carbocycles. The van der Waals surface area contributed by atoms with Gasteiger partial charge in [-0.1, -0.05) is 12.8 Å². The van der Waals surface area contributed by atoms with Crippen LogP contribution < -0.4 is 10.6 Å². The number of rotatable bonds is 3. The van der Waals surface area contributed by atoms with Crippen molar-refractivity contribution in [2.75, 3.05) is 13.2 Å². The number of hydrogen-bond donors (Lipinski definition) is 3. The highest BCUT2D eigenvalue weighted by molar-refractivity contribution is 5.89. The molecule has 1 aliphatic carbocycles. The lowest BCUT2D eigenvalue weighted by Gasteiger charge is -2.29. The minimum absolute atomic E-state index is 0.00711. The summed E-state index contributed by atoms with van der Waals surface area (Å²) in [5, 5.41) is 14.9. The second-order valence-electron chi connectivity index (χ2n) is 4.84. The highest BCUT2D eigenvalue weighted by Gasteiger charge is 2.37.